The lowest BCUT2D eigenvalue weighted by Crippen LogP contribution is -2.24. The van der Waals surface area contributed by atoms with Gasteiger partial charge in [0.05, 0.1) is 12.2 Å². The molecule has 0 bridgehead atoms. The number of rotatable bonds is 7. The van der Waals surface area contributed by atoms with Crippen molar-refractivity contribution < 1.29 is 9.53 Å². The van der Waals surface area contributed by atoms with Crippen LogP contribution in [0, 0.1) is 6.92 Å². The van der Waals surface area contributed by atoms with E-state index in [4.69, 9.17) is 16.3 Å². The zero-order chi connectivity index (χ0) is 21.9. The molecule has 6 nitrogen and oxygen atoms in total. The Labute approximate surface area is 186 Å². The van der Waals surface area contributed by atoms with Crippen molar-refractivity contribution in [2.75, 3.05) is 6.26 Å². The first-order chi connectivity index (χ1) is 14.6. The van der Waals surface area contributed by atoms with E-state index in [-0.39, 0.29) is 24.0 Å². The third-order valence-corrected chi connectivity index (χ3v) is 4.90. The quantitative estimate of drug-likeness (QED) is 0.404. The lowest BCUT2D eigenvalue weighted by Gasteiger charge is -2.12. The van der Waals surface area contributed by atoms with Gasteiger partial charge < -0.3 is 10.1 Å². The Hall–Kier alpha value is -2.64. The third kappa shape index (κ3) is 6.71. The summed E-state index contributed by atoms with van der Waals surface area (Å²) < 4.78 is 5.83. The first kappa shape index (κ1) is 23.6. The molecule has 0 aliphatic rings. The van der Waals surface area contributed by atoms with E-state index < -0.39 is 0 Å². The summed E-state index contributed by atoms with van der Waals surface area (Å²) in [6.45, 7) is 6.48. The van der Waals surface area contributed by atoms with Crippen molar-refractivity contribution in [1.82, 2.24) is 20.3 Å². The van der Waals surface area contributed by atoms with Gasteiger partial charge in [-0.1, -0.05) is 55.4 Å². The molecule has 2 aromatic heterocycles. The van der Waals surface area contributed by atoms with E-state index in [0.29, 0.717) is 16.7 Å². The number of nitrogens with zero attached hydrogens (tertiary/aromatic N) is 3. The fraction of sp³-hybridized carbons (Fsp3) is 0.273. The van der Waals surface area contributed by atoms with Crippen molar-refractivity contribution in [1.29, 1.82) is 0 Å². The van der Waals surface area contributed by atoms with Crippen LogP contribution >= 0.6 is 23.4 Å². The Morgan fingerprint density at radius 3 is 2.67 bits per heavy atom. The van der Waals surface area contributed by atoms with E-state index in [1.165, 1.54) is 18.0 Å². The highest BCUT2D eigenvalue weighted by atomic mass is 35.5. The highest BCUT2D eigenvalue weighted by Gasteiger charge is 2.16. The van der Waals surface area contributed by atoms with E-state index in [0.717, 1.165) is 16.8 Å². The van der Waals surface area contributed by atoms with E-state index in [9.17, 15) is 4.79 Å². The highest BCUT2D eigenvalue weighted by molar-refractivity contribution is 7.98. The van der Waals surface area contributed by atoms with Crippen LogP contribution in [0.2, 0.25) is 5.02 Å². The minimum absolute atomic E-state index is 0.231. The molecule has 0 atom stereocenters. The van der Waals surface area contributed by atoms with E-state index >= 15 is 0 Å². The standard InChI is InChI=1S/C20H19ClN4O2S.C2H6/c1-13-6-7-14(9-17(13)21)12-27-19-16(11-24-20(25-19)28-2)18(26)23-10-15-5-3-4-8-22-15;1-2/h3-9,11H,10,12H2,1-2H3,(H,23,26);1-2H3. The predicted octanol–water partition coefficient (Wildman–Crippen LogP) is 5.09. The second kappa shape index (κ2) is 12.1. The number of hydrogen-bond acceptors (Lipinski definition) is 6. The van der Waals surface area contributed by atoms with E-state index in [2.05, 4.69) is 20.3 Å². The van der Waals surface area contributed by atoms with Gasteiger partial charge in [-0.05, 0) is 42.5 Å². The second-order valence-electron chi connectivity index (χ2n) is 5.95. The Morgan fingerprint density at radius 1 is 1.20 bits per heavy atom. The molecule has 2 heterocycles. The highest BCUT2D eigenvalue weighted by Crippen LogP contribution is 2.22. The number of hydrogen-bond donors (Lipinski definition) is 1. The number of ether oxygens (including phenoxy) is 1. The van der Waals surface area contributed by atoms with Crippen LogP contribution in [0.25, 0.3) is 0 Å². The number of pyridine rings is 1. The van der Waals surface area contributed by atoms with Gasteiger partial charge in [0.25, 0.3) is 5.91 Å². The van der Waals surface area contributed by atoms with Crippen molar-refractivity contribution in [3.05, 3.63) is 76.2 Å². The first-order valence-corrected chi connectivity index (χ1v) is 11.1. The molecule has 0 saturated carbocycles. The molecule has 158 valence electrons. The second-order valence-corrected chi connectivity index (χ2v) is 7.13. The largest absolute Gasteiger partial charge is 0.472 e. The van der Waals surface area contributed by atoms with Crippen molar-refractivity contribution >= 4 is 29.3 Å². The van der Waals surface area contributed by atoms with Crippen LogP contribution in [0.1, 0.15) is 41.0 Å². The number of aryl methyl sites for hydroxylation is 1. The molecule has 0 aliphatic carbocycles. The molecule has 0 unspecified atom stereocenters. The van der Waals surface area contributed by atoms with Crippen LogP contribution in [0.4, 0.5) is 0 Å². The minimum atomic E-state index is -0.324. The fourth-order valence-electron chi connectivity index (χ4n) is 2.36. The monoisotopic (exact) mass is 444 g/mol. The maximum absolute atomic E-state index is 12.6. The number of benzene rings is 1. The number of aromatic nitrogens is 3. The molecular formula is C22H25ClN4O2S. The Morgan fingerprint density at radius 2 is 2.00 bits per heavy atom. The molecule has 0 saturated heterocycles. The molecular weight excluding hydrogens is 420 g/mol. The van der Waals surface area contributed by atoms with E-state index in [1.54, 1.807) is 6.20 Å². The van der Waals surface area contributed by atoms with Crippen molar-refractivity contribution in [2.45, 2.75) is 39.1 Å². The number of amides is 1. The van der Waals surface area contributed by atoms with Gasteiger partial charge in [-0.3, -0.25) is 9.78 Å². The summed E-state index contributed by atoms with van der Waals surface area (Å²) >= 11 is 7.54. The van der Waals surface area contributed by atoms with Gasteiger partial charge in [0.1, 0.15) is 12.2 Å². The number of carbonyl (C=O) groups excluding carboxylic acids is 1. The van der Waals surface area contributed by atoms with Gasteiger partial charge in [0.15, 0.2) is 5.16 Å². The summed E-state index contributed by atoms with van der Waals surface area (Å²) in [5.41, 5.74) is 2.91. The Bertz CT molecular complexity index is 971. The van der Waals surface area contributed by atoms with Gasteiger partial charge >= 0.3 is 0 Å². The molecule has 30 heavy (non-hydrogen) atoms. The molecule has 8 heteroatoms. The van der Waals surface area contributed by atoms with Crippen molar-refractivity contribution in [3.63, 3.8) is 0 Å². The number of halogens is 1. The number of carbonyl (C=O) groups is 1. The minimum Gasteiger partial charge on any atom is -0.472 e. The number of thioether (sulfide) groups is 1. The molecule has 0 aliphatic heterocycles. The summed E-state index contributed by atoms with van der Waals surface area (Å²) in [5.74, 6) is -0.0928. The van der Waals surface area contributed by atoms with Crippen LogP contribution in [0.5, 0.6) is 5.88 Å². The molecule has 1 N–H and O–H groups in total. The molecule has 1 aromatic carbocycles. The maximum Gasteiger partial charge on any atom is 0.258 e. The molecule has 0 radical (unpaired) electrons. The zero-order valence-corrected chi connectivity index (χ0v) is 19.0. The van der Waals surface area contributed by atoms with Gasteiger partial charge in [0.2, 0.25) is 5.88 Å². The summed E-state index contributed by atoms with van der Waals surface area (Å²) in [6, 6.07) is 11.2. The molecule has 3 rings (SSSR count). The Kier molecular flexibility index (Phi) is 9.57. The molecule has 3 aromatic rings. The van der Waals surface area contributed by atoms with Crippen molar-refractivity contribution in [3.8, 4) is 5.88 Å². The summed E-state index contributed by atoms with van der Waals surface area (Å²) in [6.07, 6.45) is 5.02. The first-order valence-electron chi connectivity index (χ1n) is 9.54. The van der Waals surface area contributed by atoms with Crippen LogP contribution in [-0.4, -0.2) is 27.1 Å². The average molecular weight is 445 g/mol. The molecule has 0 fully saturated rings. The topological polar surface area (TPSA) is 77.0 Å². The van der Waals surface area contributed by atoms with Gasteiger partial charge in [-0.15, -0.1) is 0 Å². The van der Waals surface area contributed by atoms with Crippen LogP contribution in [0.15, 0.2) is 53.9 Å². The van der Waals surface area contributed by atoms with Gasteiger partial charge in [-0.25, -0.2) is 4.98 Å². The zero-order valence-electron chi connectivity index (χ0n) is 17.5. The van der Waals surface area contributed by atoms with Crippen LogP contribution in [-0.2, 0) is 13.2 Å². The summed E-state index contributed by atoms with van der Waals surface area (Å²) in [5, 5.41) is 4.01. The lowest BCUT2D eigenvalue weighted by molar-refractivity contribution is 0.0944. The van der Waals surface area contributed by atoms with Crippen LogP contribution in [0.3, 0.4) is 0 Å². The summed E-state index contributed by atoms with van der Waals surface area (Å²) in [4.78, 5) is 25.3. The Balaban J connectivity index is 0.00000155. The smallest absolute Gasteiger partial charge is 0.258 e. The van der Waals surface area contributed by atoms with E-state index in [1.807, 2.05) is 63.4 Å². The number of nitrogens with one attached hydrogen (secondary N) is 1. The fourth-order valence-corrected chi connectivity index (χ4v) is 2.90. The lowest BCUT2D eigenvalue weighted by atomic mass is 10.2. The molecule has 0 spiro atoms. The predicted molar refractivity (Wildman–Crippen MR) is 121 cm³/mol. The van der Waals surface area contributed by atoms with Gasteiger partial charge in [0, 0.05) is 17.4 Å². The van der Waals surface area contributed by atoms with Crippen molar-refractivity contribution in [2.24, 2.45) is 0 Å². The van der Waals surface area contributed by atoms with Gasteiger partial charge in [-0.2, -0.15) is 4.98 Å². The van der Waals surface area contributed by atoms with Crippen LogP contribution < -0.4 is 10.1 Å². The SMILES string of the molecule is CC.CSc1ncc(C(=O)NCc2ccccn2)c(OCc2ccc(C)c(Cl)c2)n1. The normalized spacial score (nSPS) is 10.0. The average Bonchev–Trinajstić information content (AvgIpc) is 2.80. The third-order valence-electron chi connectivity index (χ3n) is 3.93. The summed E-state index contributed by atoms with van der Waals surface area (Å²) in [7, 11) is 0. The molecule has 1 amide bonds. The maximum atomic E-state index is 12.6.